The molecule has 0 radical (unpaired) electrons. The Balaban J connectivity index is 2.20. The summed E-state index contributed by atoms with van der Waals surface area (Å²) in [5.74, 6) is 1.23. The van der Waals surface area contributed by atoms with Gasteiger partial charge in [-0.15, -0.1) is 0 Å². The van der Waals surface area contributed by atoms with Gasteiger partial charge in [-0.25, -0.2) is 0 Å². The third-order valence-electron chi connectivity index (χ3n) is 3.45. The molecule has 1 atom stereocenters. The maximum atomic E-state index is 5.98. The highest BCUT2D eigenvalue weighted by Crippen LogP contribution is 2.20. The minimum Gasteiger partial charge on any atom is -0.347 e. The van der Waals surface area contributed by atoms with E-state index in [1.807, 2.05) is 26.0 Å². The van der Waals surface area contributed by atoms with E-state index in [0.717, 1.165) is 19.5 Å². The minimum atomic E-state index is 0.240. The van der Waals surface area contributed by atoms with Crippen molar-refractivity contribution < 1.29 is 0 Å². The monoisotopic (exact) mass is 284 g/mol. The molecule has 0 bridgehead atoms. The first-order chi connectivity index (χ1) is 8.97. The van der Waals surface area contributed by atoms with Crippen LogP contribution in [0.1, 0.15) is 12.8 Å². The van der Waals surface area contributed by atoms with Crippen molar-refractivity contribution >= 4 is 23.5 Å². The molecule has 0 N–H and O–H groups in total. The van der Waals surface area contributed by atoms with Gasteiger partial charge in [-0.1, -0.05) is 0 Å². The summed E-state index contributed by atoms with van der Waals surface area (Å²) in [7, 11) is 7.95. The lowest BCUT2D eigenvalue weighted by Crippen LogP contribution is -2.45. The number of aromatic nitrogens is 3. The summed E-state index contributed by atoms with van der Waals surface area (Å²) in [6, 6.07) is 0.423. The molecule has 1 fully saturated rings. The second-order valence-corrected chi connectivity index (χ2v) is 5.61. The van der Waals surface area contributed by atoms with Crippen LogP contribution in [0.2, 0.25) is 5.28 Å². The Labute approximate surface area is 119 Å². The predicted molar refractivity (Wildman–Crippen MR) is 78.1 cm³/mol. The fraction of sp³-hybridized carbons (Fsp3) is 0.750. The molecule has 1 saturated heterocycles. The first-order valence-electron chi connectivity index (χ1n) is 6.47. The zero-order valence-electron chi connectivity index (χ0n) is 12.0. The van der Waals surface area contributed by atoms with E-state index in [4.69, 9.17) is 11.6 Å². The van der Waals surface area contributed by atoms with Gasteiger partial charge in [0, 0.05) is 33.7 Å². The molecule has 106 valence electrons. The quantitative estimate of drug-likeness (QED) is 0.829. The van der Waals surface area contributed by atoms with Crippen molar-refractivity contribution in [2.24, 2.45) is 0 Å². The van der Waals surface area contributed by atoms with Crippen molar-refractivity contribution in [2.75, 3.05) is 51.1 Å². The lowest BCUT2D eigenvalue weighted by atomic mass is 10.1. The number of nitrogens with zero attached hydrogens (tertiary/aromatic N) is 6. The molecule has 0 spiro atoms. The van der Waals surface area contributed by atoms with E-state index < -0.39 is 0 Å². The summed E-state index contributed by atoms with van der Waals surface area (Å²) in [6.45, 7) is 2.18. The molecule has 1 aliphatic heterocycles. The van der Waals surface area contributed by atoms with Crippen molar-refractivity contribution in [3.05, 3.63) is 5.28 Å². The molecule has 1 aromatic rings. The molecule has 6 nitrogen and oxygen atoms in total. The predicted octanol–water partition coefficient (Wildman–Crippen LogP) is 1.12. The average molecular weight is 285 g/mol. The van der Waals surface area contributed by atoms with Crippen molar-refractivity contribution in [2.45, 2.75) is 18.9 Å². The summed E-state index contributed by atoms with van der Waals surface area (Å²) in [5.41, 5.74) is 0. The Morgan fingerprint density at radius 2 is 1.84 bits per heavy atom. The maximum Gasteiger partial charge on any atom is 0.231 e. The maximum absolute atomic E-state index is 5.98. The summed E-state index contributed by atoms with van der Waals surface area (Å²) < 4.78 is 0. The molecule has 0 amide bonds. The SMILES string of the molecule is CN1CCCC(N(C)c2nc(Cl)nc(N(C)C)n2)C1. The highest BCUT2D eigenvalue weighted by molar-refractivity contribution is 6.28. The molecule has 1 unspecified atom stereocenters. The number of likely N-dealkylation sites (N-methyl/N-ethyl adjacent to an activating group) is 2. The highest BCUT2D eigenvalue weighted by Gasteiger charge is 2.23. The van der Waals surface area contributed by atoms with Crippen LogP contribution in [0, 0.1) is 0 Å². The van der Waals surface area contributed by atoms with Gasteiger partial charge in [0.25, 0.3) is 0 Å². The number of rotatable bonds is 3. The summed E-state index contributed by atoms with van der Waals surface area (Å²) >= 11 is 5.98. The average Bonchev–Trinajstić information content (AvgIpc) is 2.37. The molecule has 19 heavy (non-hydrogen) atoms. The third kappa shape index (κ3) is 3.45. The largest absolute Gasteiger partial charge is 0.347 e. The first-order valence-corrected chi connectivity index (χ1v) is 6.85. The van der Waals surface area contributed by atoms with E-state index in [9.17, 15) is 0 Å². The van der Waals surface area contributed by atoms with Crippen LogP contribution in [0.5, 0.6) is 0 Å². The molecule has 2 heterocycles. The van der Waals surface area contributed by atoms with Gasteiger partial charge in [0.15, 0.2) is 0 Å². The Hall–Kier alpha value is -1.14. The zero-order valence-corrected chi connectivity index (χ0v) is 12.7. The lowest BCUT2D eigenvalue weighted by molar-refractivity contribution is 0.247. The van der Waals surface area contributed by atoms with Crippen LogP contribution in [0.25, 0.3) is 0 Å². The molecular weight excluding hydrogens is 264 g/mol. The number of hydrogen-bond donors (Lipinski definition) is 0. The van der Waals surface area contributed by atoms with Gasteiger partial charge < -0.3 is 14.7 Å². The molecule has 1 aliphatic rings. The standard InChI is InChI=1S/C12H21ClN6/c1-17(2)11-14-10(13)15-12(16-11)19(4)9-6-5-7-18(3)8-9/h9H,5-8H2,1-4H3. The third-order valence-corrected chi connectivity index (χ3v) is 3.62. The van der Waals surface area contributed by atoms with Crippen LogP contribution in [0.15, 0.2) is 0 Å². The van der Waals surface area contributed by atoms with Crippen LogP contribution in [0.4, 0.5) is 11.9 Å². The Morgan fingerprint density at radius 1 is 1.16 bits per heavy atom. The Morgan fingerprint density at radius 3 is 2.47 bits per heavy atom. The van der Waals surface area contributed by atoms with Crippen LogP contribution in [0.3, 0.4) is 0 Å². The second kappa shape index (κ2) is 5.88. The molecule has 2 rings (SSSR count). The molecule has 0 saturated carbocycles. The van der Waals surface area contributed by atoms with Gasteiger partial charge in [-0.2, -0.15) is 15.0 Å². The van der Waals surface area contributed by atoms with Crippen molar-refractivity contribution in [1.29, 1.82) is 0 Å². The fourth-order valence-electron chi connectivity index (χ4n) is 2.31. The van der Waals surface area contributed by atoms with Gasteiger partial charge in [0.2, 0.25) is 17.2 Å². The van der Waals surface area contributed by atoms with E-state index in [2.05, 4.69) is 31.8 Å². The normalized spacial score (nSPS) is 20.4. The van der Waals surface area contributed by atoms with Crippen LogP contribution < -0.4 is 9.80 Å². The fourth-order valence-corrected chi connectivity index (χ4v) is 2.46. The van der Waals surface area contributed by atoms with Gasteiger partial charge in [-0.3, -0.25) is 0 Å². The number of likely N-dealkylation sites (tertiary alicyclic amines) is 1. The number of anilines is 2. The lowest BCUT2D eigenvalue weighted by Gasteiger charge is -2.35. The number of hydrogen-bond acceptors (Lipinski definition) is 6. The molecule has 0 aliphatic carbocycles. The van der Waals surface area contributed by atoms with Gasteiger partial charge >= 0.3 is 0 Å². The smallest absolute Gasteiger partial charge is 0.231 e. The molecule has 7 heteroatoms. The summed E-state index contributed by atoms with van der Waals surface area (Å²) in [5, 5.41) is 0.240. The van der Waals surface area contributed by atoms with Crippen LogP contribution >= 0.6 is 11.6 Å². The minimum absolute atomic E-state index is 0.240. The highest BCUT2D eigenvalue weighted by atomic mass is 35.5. The van der Waals surface area contributed by atoms with Crippen molar-refractivity contribution in [3.8, 4) is 0 Å². The van der Waals surface area contributed by atoms with Crippen LogP contribution in [-0.2, 0) is 0 Å². The van der Waals surface area contributed by atoms with Crippen molar-refractivity contribution in [1.82, 2.24) is 19.9 Å². The van der Waals surface area contributed by atoms with E-state index >= 15 is 0 Å². The van der Waals surface area contributed by atoms with E-state index in [0.29, 0.717) is 17.9 Å². The topological polar surface area (TPSA) is 48.4 Å². The van der Waals surface area contributed by atoms with E-state index in [-0.39, 0.29) is 5.28 Å². The van der Waals surface area contributed by atoms with Crippen molar-refractivity contribution in [3.63, 3.8) is 0 Å². The summed E-state index contributed by atoms with van der Waals surface area (Å²) in [6.07, 6.45) is 2.35. The van der Waals surface area contributed by atoms with Crippen LogP contribution in [-0.4, -0.2) is 67.2 Å². The second-order valence-electron chi connectivity index (χ2n) is 5.27. The zero-order chi connectivity index (χ0) is 14.0. The van der Waals surface area contributed by atoms with Gasteiger partial charge in [0.1, 0.15) is 0 Å². The molecule has 1 aromatic heterocycles. The van der Waals surface area contributed by atoms with Gasteiger partial charge in [0.05, 0.1) is 0 Å². The number of piperidine rings is 1. The number of halogens is 1. The van der Waals surface area contributed by atoms with E-state index in [1.54, 1.807) is 0 Å². The Kier molecular flexibility index (Phi) is 4.42. The molecule has 0 aromatic carbocycles. The summed E-state index contributed by atoms with van der Waals surface area (Å²) in [4.78, 5) is 19.1. The first kappa shape index (κ1) is 14.3. The van der Waals surface area contributed by atoms with Gasteiger partial charge in [-0.05, 0) is 38.0 Å². The molecular formula is C12H21ClN6. The van der Waals surface area contributed by atoms with E-state index in [1.165, 1.54) is 6.42 Å². The Bertz CT molecular complexity index is 438.